The van der Waals surface area contributed by atoms with Gasteiger partial charge < -0.3 is 18.5 Å². The van der Waals surface area contributed by atoms with Crippen molar-refractivity contribution in [3.05, 3.63) is 84.3 Å². The first-order valence-electron chi connectivity index (χ1n) is 8.96. The van der Waals surface area contributed by atoms with Gasteiger partial charge in [-0.1, -0.05) is 6.07 Å². The Balaban J connectivity index is 1.56. The van der Waals surface area contributed by atoms with Crippen molar-refractivity contribution in [2.45, 2.75) is 19.5 Å². The van der Waals surface area contributed by atoms with E-state index >= 15 is 0 Å². The van der Waals surface area contributed by atoms with Crippen LogP contribution in [0.5, 0.6) is 5.75 Å². The summed E-state index contributed by atoms with van der Waals surface area (Å²) >= 11 is 0. The van der Waals surface area contributed by atoms with Crippen LogP contribution in [-0.4, -0.2) is 22.9 Å². The highest BCUT2D eigenvalue weighted by Crippen LogP contribution is 2.26. The van der Waals surface area contributed by atoms with Crippen LogP contribution in [0.2, 0.25) is 0 Å². The number of amides is 1. The van der Waals surface area contributed by atoms with Gasteiger partial charge in [-0.25, -0.2) is 0 Å². The second-order valence-corrected chi connectivity index (χ2v) is 6.49. The van der Waals surface area contributed by atoms with Crippen molar-refractivity contribution in [2.75, 3.05) is 7.11 Å². The van der Waals surface area contributed by atoms with E-state index in [9.17, 15) is 4.79 Å². The molecule has 0 atom stereocenters. The van der Waals surface area contributed by atoms with E-state index in [-0.39, 0.29) is 12.3 Å². The lowest BCUT2D eigenvalue weighted by atomic mass is 10.1. The Morgan fingerprint density at radius 3 is 2.82 bits per heavy atom. The molecule has 0 saturated heterocycles. The molecular formula is C22H20N2O4. The first kappa shape index (κ1) is 17.9. The van der Waals surface area contributed by atoms with Gasteiger partial charge in [0.2, 0.25) is 5.91 Å². The number of pyridine rings is 1. The molecular weight excluding hydrogens is 356 g/mol. The quantitative estimate of drug-likeness (QED) is 0.483. The normalized spacial score (nSPS) is 10.9. The maximum atomic E-state index is 13.1. The first-order chi connectivity index (χ1) is 13.7. The highest BCUT2D eigenvalue weighted by molar-refractivity contribution is 5.88. The Kier molecular flexibility index (Phi) is 5.10. The molecule has 6 heteroatoms. The Morgan fingerprint density at radius 1 is 1.14 bits per heavy atom. The summed E-state index contributed by atoms with van der Waals surface area (Å²) in [6, 6.07) is 13.1. The van der Waals surface area contributed by atoms with Crippen molar-refractivity contribution in [3.63, 3.8) is 0 Å². The highest BCUT2D eigenvalue weighted by Gasteiger charge is 2.19. The summed E-state index contributed by atoms with van der Waals surface area (Å²) < 4.78 is 16.3. The topological polar surface area (TPSA) is 68.7 Å². The van der Waals surface area contributed by atoms with Crippen LogP contribution < -0.4 is 4.74 Å². The van der Waals surface area contributed by atoms with Crippen molar-refractivity contribution < 1.29 is 18.4 Å². The van der Waals surface area contributed by atoms with Gasteiger partial charge in [0.15, 0.2) is 0 Å². The molecule has 1 amide bonds. The molecule has 4 rings (SSSR count). The minimum Gasteiger partial charge on any atom is -0.497 e. The molecule has 4 aromatic rings. The number of hydrogen-bond acceptors (Lipinski definition) is 5. The van der Waals surface area contributed by atoms with Crippen LogP contribution in [0.25, 0.3) is 11.0 Å². The number of furan rings is 2. The molecule has 0 spiro atoms. The molecule has 3 heterocycles. The first-order valence-corrected chi connectivity index (χ1v) is 8.96. The minimum absolute atomic E-state index is 0.0150. The van der Waals surface area contributed by atoms with Crippen molar-refractivity contribution in [1.82, 2.24) is 9.88 Å². The summed E-state index contributed by atoms with van der Waals surface area (Å²) in [4.78, 5) is 19.0. The van der Waals surface area contributed by atoms with Crippen LogP contribution >= 0.6 is 0 Å². The fraction of sp³-hybridized carbons (Fsp3) is 0.182. The number of hydrogen-bond donors (Lipinski definition) is 0. The average molecular weight is 376 g/mol. The molecule has 0 aliphatic heterocycles. The van der Waals surface area contributed by atoms with Gasteiger partial charge in [0, 0.05) is 36.0 Å². The molecule has 0 fully saturated rings. The van der Waals surface area contributed by atoms with E-state index in [1.807, 2.05) is 42.5 Å². The van der Waals surface area contributed by atoms with Crippen LogP contribution in [0, 0.1) is 0 Å². The molecule has 28 heavy (non-hydrogen) atoms. The Labute approximate surface area is 162 Å². The Bertz CT molecular complexity index is 1050. The number of benzene rings is 1. The zero-order valence-corrected chi connectivity index (χ0v) is 15.5. The molecule has 1 aromatic carbocycles. The monoisotopic (exact) mass is 376 g/mol. The molecule has 0 bridgehead atoms. The maximum absolute atomic E-state index is 13.1. The van der Waals surface area contributed by atoms with E-state index < -0.39 is 0 Å². The molecule has 6 nitrogen and oxygen atoms in total. The number of methoxy groups -OCH3 is 1. The lowest BCUT2D eigenvalue weighted by Gasteiger charge is -2.21. The van der Waals surface area contributed by atoms with Crippen LogP contribution in [0.1, 0.15) is 16.9 Å². The van der Waals surface area contributed by atoms with E-state index in [0.717, 1.165) is 28.0 Å². The predicted molar refractivity (Wildman–Crippen MR) is 104 cm³/mol. The van der Waals surface area contributed by atoms with Gasteiger partial charge in [0.05, 0.1) is 32.6 Å². The SMILES string of the molecule is COc1ccc2c(CC(=O)N(Cc3cccnc3)Cc3ccco3)coc2c1. The van der Waals surface area contributed by atoms with Crippen molar-refractivity contribution in [3.8, 4) is 5.75 Å². The molecule has 3 aromatic heterocycles. The van der Waals surface area contributed by atoms with Gasteiger partial charge in [-0.15, -0.1) is 0 Å². The van der Waals surface area contributed by atoms with E-state index in [4.69, 9.17) is 13.6 Å². The van der Waals surface area contributed by atoms with E-state index in [0.29, 0.717) is 18.7 Å². The fourth-order valence-corrected chi connectivity index (χ4v) is 3.14. The second-order valence-electron chi connectivity index (χ2n) is 6.49. The largest absolute Gasteiger partial charge is 0.497 e. The number of carbonyl (C=O) groups excluding carboxylic acids is 1. The van der Waals surface area contributed by atoms with Crippen LogP contribution in [0.4, 0.5) is 0 Å². The van der Waals surface area contributed by atoms with Gasteiger partial charge in [-0.05, 0) is 35.9 Å². The zero-order chi connectivity index (χ0) is 19.3. The van der Waals surface area contributed by atoms with E-state index in [2.05, 4.69) is 4.98 Å². The standard InChI is InChI=1S/C22H20N2O4/c1-26-18-6-7-20-17(15-28-21(20)11-18)10-22(25)24(14-19-5-3-9-27-19)13-16-4-2-8-23-12-16/h2-9,11-12,15H,10,13-14H2,1H3. The molecule has 0 N–H and O–H groups in total. The predicted octanol–water partition coefficient (Wildman–Crippen LogP) is 4.20. The number of aromatic nitrogens is 1. The molecule has 0 aliphatic rings. The summed E-state index contributed by atoms with van der Waals surface area (Å²) in [5.74, 6) is 1.44. The molecule has 142 valence electrons. The number of ether oxygens (including phenoxy) is 1. The Hall–Kier alpha value is -3.54. The molecule has 0 radical (unpaired) electrons. The van der Waals surface area contributed by atoms with E-state index in [1.54, 1.807) is 36.9 Å². The summed E-state index contributed by atoms with van der Waals surface area (Å²) in [5, 5.41) is 0.911. The summed E-state index contributed by atoms with van der Waals surface area (Å²) in [5.41, 5.74) is 2.51. The lowest BCUT2D eigenvalue weighted by Crippen LogP contribution is -2.31. The highest BCUT2D eigenvalue weighted by atomic mass is 16.5. The number of fused-ring (bicyclic) bond motifs is 1. The van der Waals surface area contributed by atoms with Gasteiger partial charge in [-0.3, -0.25) is 9.78 Å². The minimum atomic E-state index is -0.0150. The number of carbonyl (C=O) groups is 1. The van der Waals surface area contributed by atoms with Gasteiger partial charge >= 0.3 is 0 Å². The van der Waals surface area contributed by atoms with Gasteiger partial charge in [0.25, 0.3) is 0 Å². The number of nitrogens with zero attached hydrogens (tertiary/aromatic N) is 2. The third kappa shape index (κ3) is 3.91. The third-order valence-corrected chi connectivity index (χ3v) is 4.58. The third-order valence-electron chi connectivity index (χ3n) is 4.58. The van der Waals surface area contributed by atoms with Crippen LogP contribution in [0.3, 0.4) is 0 Å². The average Bonchev–Trinajstić information content (AvgIpc) is 3.38. The fourth-order valence-electron chi connectivity index (χ4n) is 3.14. The molecule has 0 aliphatic carbocycles. The van der Waals surface area contributed by atoms with Crippen LogP contribution in [-0.2, 0) is 24.3 Å². The Morgan fingerprint density at radius 2 is 2.07 bits per heavy atom. The van der Waals surface area contributed by atoms with Crippen LogP contribution in [0.15, 0.2) is 76.2 Å². The zero-order valence-electron chi connectivity index (χ0n) is 15.5. The smallest absolute Gasteiger partial charge is 0.227 e. The molecule has 0 saturated carbocycles. The van der Waals surface area contributed by atoms with Crippen molar-refractivity contribution >= 4 is 16.9 Å². The molecule has 0 unspecified atom stereocenters. The van der Waals surface area contributed by atoms with E-state index in [1.165, 1.54) is 0 Å². The van der Waals surface area contributed by atoms with Crippen molar-refractivity contribution in [1.29, 1.82) is 0 Å². The van der Waals surface area contributed by atoms with Crippen molar-refractivity contribution in [2.24, 2.45) is 0 Å². The summed E-state index contributed by atoms with van der Waals surface area (Å²) in [6.45, 7) is 0.849. The van der Waals surface area contributed by atoms with Gasteiger partial charge in [0.1, 0.15) is 17.1 Å². The van der Waals surface area contributed by atoms with Gasteiger partial charge in [-0.2, -0.15) is 0 Å². The lowest BCUT2D eigenvalue weighted by molar-refractivity contribution is -0.132. The number of rotatable bonds is 7. The second kappa shape index (κ2) is 8.00. The summed E-state index contributed by atoms with van der Waals surface area (Å²) in [7, 11) is 1.61. The summed E-state index contributed by atoms with van der Waals surface area (Å²) in [6.07, 6.45) is 6.96. The maximum Gasteiger partial charge on any atom is 0.227 e.